The molecule has 0 radical (unpaired) electrons. The summed E-state index contributed by atoms with van der Waals surface area (Å²) in [5.74, 6) is -1.16. The first-order valence-electron chi connectivity index (χ1n) is 6.06. The van der Waals surface area contributed by atoms with Crippen molar-refractivity contribution in [2.24, 2.45) is 0 Å². The van der Waals surface area contributed by atoms with E-state index in [0.717, 1.165) is 0 Å². The van der Waals surface area contributed by atoms with E-state index in [1.807, 2.05) is 0 Å². The third kappa shape index (κ3) is 4.08. The second-order valence-electron chi connectivity index (χ2n) is 4.31. The van der Waals surface area contributed by atoms with Crippen molar-refractivity contribution in [2.75, 3.05) is 7.11 Å². The van der Waals surface area contributed by atoms with E-state index in [1.165, 1.54) is 13.2 Å². The molecule has 110 valence electrons. The number of methoxy groups -OCH3 is 1. The van der Waals surface area contributed by atoms with Crippen LogP contribution in [0.3, 0.4) is 0 Å². The molecule has 0 N–H and O–H groups in total. The molecule has 0 aliphatic carbocycles. The molecule has 0 aliphatic rings. The van der Waals surface area contributed by atoms with Gasteiger partial charge in [-0.1, -0.05) is 36.2 Å². The molecule has 0 fully saturated rings. The summed E-state index contributed by atoms with van der Waals surface area (Å²) in [6.45, 7) is 1.70. The number of halogens is 2. The van der Waals surface area contributed by atoms with Crippen LogP contribution < -0.4 is 0 Å². The van der Waals surface area contributed by atoms with Gasteiger partial charge in [-0.15, -0.1) is 0 Å². The SMILES string of the molecule is CCC(C(CC(=O)OC)c1ccc(Cl)cc1Cl)[N+](=O)[O-]. The Morgan fingerprint density at radius 3 is 2.55 bits per heavy atom. The van der Waals surface area contributed by atoms with Gasteiger partial charge < -0.3 is 4.74 Å². The van der Waals surface area contributed by atoms with Gasteiger partial charge in [-0.25, -0.2) is 0 Å². The van der Waals surface area contributed by atoms with Crippen LogP contribution in [0, 0.1) is 10.1 Å². The third-order valence-electron chi connectivity index (χ3n) is 3.13. The number of esters is 1. The number of hydrogen-bond acceptors (Lipinski definition) is 4. The van der Waals surface area contributed by atoms with Crippen LogP contribution in [0.4, 0.5) is 0 Å². The van der Waals surface area contributed by atoms with E-state index in [-0.39, 0.29) is 12.8 Å². The zero-order valence-corrected chi connectivity index (χ0v) is 12.6. The first kappa shape index (κ1) is 16.7. The Morgan fingerprint density at radius 2 is 2.10 bits per heavy atom. The van der Waals surface area contributed by atoms with Crippen molar-refractivity contribution < 1.29 is 14.5 Å². The lowest BCUT2D eigenvalue weighted by atomic mass is 9.87. The molecule has 0 aliphatic heterocycles. The highest BCUT2D eigenvalue weighted by molar-refractivity contribution is 6.35. The predicted octanol–water partition coefficient (Wildman–Crippen LogP) is 3.70. The van der Waals surface area contributed by atoms with Crippen LogP contribution >= 0.6 is 23.2 Å². The number of carbonyl (C=O) groups excluding carboxylic acids is 1. The average molecular weight is 320 g/mol. The van der Waals surface area contributed by atoms with E-state index >= 15 is 0 Å². The molecule has 5 nitrogen and oxygen atoms in total. The largest absolute Gasteiger partial charge is 0.469 e. The number of nitro groups is 1. The highest BCUT2D eigenvalue weighted by Crippen LogP contribution is 2.34. The van der Waals surface area contributed by atoms with Gasteiger partial charge in [-0.05, 0) is 17.7 Å². The van der Waals surface area contributed by atoms with Gasteiger partial charge in [0.05, 0.1) is 19.4 Å². The van der Waals surface area contributed by atoms with E-state index < -0.39 is 22.9 Å². The molecule has 0 saturated heterocycles. The van der Waals surface area contributed by atoms with Crippen molar-refractivity contribution in [3.63, 3.8) is 0 Å². The van der Waals surface area contributed by atoms with Crippen LogP contribution in [0.2, 0.25) is 10.0 Å². The minimum absolute atomic E-state index is 0.0999. The second kappa shape index (κ2) is 7.45. The minimum Gasteiger partial charge on any atom is -0.469 e. The molecule has 7 heteroatoms. The first-order chi connectivity index (χ1) is 9.40. The molecule has 2 unspecified atom stereocenters. The van der Waals surface area contributed by atoms with Gasteiger partial charge in [0.1, 0.15) is 0 Å². The standard InChI is InChI=1S/C13H15Cl2NO4/c1-3-12(16(18)19)10(7-13(17)20-2)9-5-4-8(14)6-11(9)15/h4-6,10,12H,3,7H2,1-2H3. The number of carbonyl (C=O) groups is 1. The summed E-state index contributed by atoms with van der Waals surface area (Å²) in [5.41, 5.74) is 0.532. The molecule has 1 aromatic carbocycles. The van der Waals surface area contributed by atoms with E-state index in [4.69, 9.17) is 23.2 Å². The summed E-state index contributed by atoms with van der Waals surface area (Å²) in [6, 6.07) is 3.81. The molecule has 0 aromatic heterocycles. The highest BCUT2D eigenvalue weighted by atomic mass is 35.5. The van der Waals surface area contributed by atoms with Gasteiger partial charge in [-0.2, -0.15) is 0 Å². The molecule has 2 atom stereocenters. The summed E-state index contributed by atoms with van der Waals surface area (Å²) in [6.07, 6.45) is 0.185. The quantitative estimate of drug-likeness (QED) is 0.455. The molecule has 0 heterocycles. The lowest BCUT2D eigenvalue weighted by Crippen LogP contribution is -2.29. The van der Waals surface area contributed by atoms with Gasteiger partial charge in [0, 0.05) is 21.4 Å². The normalized spacial score (nSPS) is 13.6. The van der Waals surface area contributed by atoms with Crippen LogP contribution in [0.1, 0.15) is 31.2 Å². The lowest BCUT2D eigenvalue weighted by Gasteiger charge is -2.20. The Kier molecular flexibility index (Phi) is 6.23. The molecule has 0 spiro atoms. The predicted molar refractivity (Wildman–Crippen MR) is 76.9 cm³/mol. The average Bonchev–Trinajstić information content (AvgIpc) is 2.38. The number of rotatable bonds is 6. The summed E-state index contributed by atoms with van der Waals surface area (Å²) in [4.78, 5) is 22.3. The molecular weight excluding hydrogens is 305 g/mol. The van der Waals surface area contributed by atoms with Gasteiger partial charge >= 0.3 is 5.97 Å². The van der Waals surface area contributed by atoms with Crippen LogP contribution in [-0.4, -0.2) is 24.0 Å². The zero-order chi connectivity index (χ0) is 15.3. The molecule has 1 rings (SSSR count). The number of nitrogens with zero attached hydrogens (tertiary/aromatic N) is 1. The van der Waals surface area contributed by atoms with Crippen LogP contribution in [0.15, 0.2) is 18.2 Å². The fourth-order valence-corrected chi connectivity index (χ4v) is 2.65. The number of ether oxygens (including phenoxy) is 1. The fourth-order valence-electron chi connectivity index (χ4n) is 2.10. The zero-order valence-electron chi connectivity index (χ0n) is 11.1. The topological polar surface area (TPSA) is 69.4 Å². The summed E-state index contributed by atoms with van der Waals surface area (Å²) in [5, 5.41) is 11.9. The Balaban J connectivity index is 3.21. The van der Waals surface area contributed by atoms with Crippen molar-refractivity contribution in [3.05, 3.63) is 43.9 Å². The highest BCUT2D eigenvalue weighted by Gasteiger charge is 2.34. The third-order valence-corrected chi connectivity index (χ3v) is 3.69. The maximum atomic E-state index is 11.5. The Morgan fingerprint density at radius 1 is 1.45 bits per heavy atom. The Hall–Kier alpha value is -1.33. The van der Waals surface area contributed by atoms with Gasteiger partial charge in [0.15, 0.2) is 0 Å². The van der Waals surface area contributed by atoms with Crippen LogP contribution in [0.5, 0.6) is 0 Å². The number of hydrogen-bond donors (Lipinski definition) is 0. The van der Waals surface area contributed by atoms with E-state index in [2.05, 4.69) is 4.74 Å². The smallest absolute Gasteiger partial charge is 0.306 e. The molecule has 0 saturated carbocycles. The number of benzene rings is 1. The molecule has 1 aromatic rings. The van der Waals surface area contributed by atoms with Crippen LogP contribution in [0.25, 0.3) is 0 Å². The maximum Gasteiger partial charge on any atom is 0.306 e. The first-order valence-corrected chi connectivity index (χ1v) is 6.81. The molecule has 0 bridgehead atoms. The summed E-state index contributed by atoms with van der Waals surface area (Å²) < 4.78 is 4.61. The Labute approximate surface area is 127 Å². The van der Waals surface area contributed by atoms with Crippen LogP contribution in [-0.2, 0) is 9.53 Å². The van der Waals surface area contributed by atoms with E-state index in [0.29, 0.717) is 15.6 Å². The molecular formula is C13H15Cl2NO4. The van der Waals surface area contributed by atoms with Crippen molar-refractivity contribution in [1.82, 2.24) is 0 Å². The minimum atomic E-state index is -0.909. The van der Waals surface area contributed by atoms with Gasteiger partial charge in [0.25, 0.3) is 0 Å². The fraction of sp³-hybridized carbons (Fsp3) is 0.462. The summed E-state index contributed by atoms with van der Waals surface area (Å²) in [7, 11) is 1.25. The monoisotopic (exact) mass is 319 g/mol. The second-order valence-corrected chi connectivity index (χ2v) is 5.16. The van der Waals surface area contributed by atoms with Crippen molar-refractivity contribution in [3.8, 4) is 0 Å². The van der Waals surface area contributed by atoms with E-state index in [9.17, 15) is 14.9 Å². The van der Waals surface area contributed by atoms with Crippen molar-refractivity contribution in [2.45, 2.75) is 31.7 Å². The summed E-state index contributed by atoms with van der Waals surface area (Å²) >= 11 is 11.9. The van der Waals surface area contributed by atoms with Gasteiger partial charge in [0.2, 0.25) is 6.04 Å². The maximum absolute atomic E-state index is 11.5. The lowest BCUT2D eigenvalue weighted by molar-refractivity contribution is -0.527. The molecule has 20 heavy (non-hydrogen) atoms. The Bertz CT molecular complexity index is 507. The van der Waals surface area contributed by atoms with Gasteiger partial charge in [-0.3, -0.25) is 14.9 Å². The van der Waals surface area contributed by atoms with E-state index in [1.54, 1.807) is 19.1 Å². The molecule has 0 amide bonds. The van der Waals surface area contributed by atoms with Crippen molar-refractivity contribution in [1.29, 1.82) is 0 Å². The van der Waals surface area contributed by atoms with Crippen molar-refractivity contribution >= 4 is 29.2 Å².